The largest absolute Gasteiger partial charge is 0.508 e. The Morgan fingerprint density at radius 2 is 1.59 bits per heavy atom. The lowest BCUT2D eigenvalue weighted by molar-refractivity contribution is -0.736. The fourth-order valence-electron chi connectivity index (χ4n) is 5.81. The van der Waals surface area contributed by atoms with Crippen molar-refractivity contribution in [1.29, 1.82) is 0 Å². The SMILES string of the molecule is C[C@@H](CCc1ccc(O)cc1)[NH2+]C1C2CC3CC(C2)CC1C3. The molecule has 4 bridgehead atoms. The zero-order chi connectivity index (χ0) is 15.1. The minimum atomic E-state index is 0.372. The molecule has 2 heteroatoms. The lowest BCUT2D eigenvalue weighted by Gasteiger charge is -2.53. The topological polar surface area (TPSA) is 36.8 Å². The van der Waals surface area contributed by atoms with Gasteiger partial charge in [-0.1, -0.05) is 12.1 Å². The molecule has 0 unspecified atom stereocenters. The summed E-state index contributed by atoms with van der Waals surface area (Å²) < 4.78 is 0. The summed E-state index contributed by atoms with van der Waals surface area (Å²) in [6.45, 7) is 2.41. The fraction of sp³-hybridized carbons (Fsp3) is 0.700. The standard InChI is InChI=1S/C20H29NO/c1-13(2-3-14-4-6-19(22)7-5-14)21-20-17-9-15-8-16(11-17)12-18(20)10-15/h4-7,13,15-18,20-22H,2-3,8-12H2,1H3/p+1/t13-,15?,16?,17?,18?,20?/m0/s1. The van der Waals surface area contributed by atoms with E-state index in [4.69, 9.17) is 0 Å². The van der Waals surface area contributed by atoms with Crippen LogP contribution >= 0.6 is 0 Å². The molecule has 0 radical (unpaired) electrons. The minimum Gasteiger partial charge on any atom is -0.508 e. The van der Waals surface area contributed by atoms with Gasteiger partial charge >= 0.3 is 0 Å². The van der Waals surface area contributed by atoms with Gasteiger partial charge in [0.15, 0.2) is 0 Å². The second kappa shape index (κ2) is 5.88. The van der Waals surface area contributed by atoms with Gasteiger partial charge in [-0.25, -0.2) is 0 Å². The first-order valence-electron chi connectivity index (χ1n) is 9.30. The van der Waals surface area contributed by atoms with Crippen LogP contribution in [0.3, 0.4) is 0 Å². The number of quaternary nitrogens is 1. The molecule has 0 saturated heterocycles. The predicted molar refractivity (Wildman–Crippen MR) is 88.6 cm³/mol. The maximum Gasteiger partial charge on any atom is 0.115 e. The van der Waals surface area contributed by atoms with E-state index in [0.717, 1.165) is 42.2 Å². The van der Waals surface area contributed by atoms with E-state index in [0.29, 0.717) is 5.75 Å². The maximum absolute atomic E-state index is 9.36. The number of hydrogen-bond acceptors (Lipinski definition) is 1. The molecule has 1 atom stereocenters. The van der Waals surface area contributed by atoms with Crippen molar-refractivity contribution >= 4 is 0 Å². The molecule has 3 N–H and O–H groups in total. The molecule has 4 fully saturated rings. The van der Waals surface area contributed by atoms with Crippen LogP contribution in [0.4, 0.5) is 0 Å². The van der Waals surface area contributed by atoms with Gasteiger partial charge in [0.25, 0.3) is 0 Å². The number of hydrogen-bond donors (Lipinski definition) is 2. The van der Waals surface area contributed by atoms with Crippen molar-refractivity contribution in [3.05, 3.63) is 29.8 Å². The Kier molecular flexibility index (Phi) is 3.89. The van der Waals surface area contributed by atoms with Crippen LogP contribution in [0.15, 0.2) is 24.3 Å². The van der Waals surface area contributed by atoms with Crippen molar-refractivity contribution in [3.8, 4) is 5.75 Å². The summed E-state index contributed by atoms with van der Waals surface area (Å²) in [6, 6.07) is 9.37. The molecular formula is C20H30NO+. The number of phenols is 1. The molecule has 5 rings (SSSR count). The third kappa shape index (κ3) is 2.90. The van der Waals surface area contributed by atoms with Crippen molar-refractivity contribution in [2.45, 2.75) is 64.0 Å². The van der Waals surface area contributed by atoms with Crippen molar-refractivity contribution < 1.29 is 10.4 Å². The Morgan fingerprint density at radius 3 is 2.18 bits per heavy atom. The van der Waals surface area contributed by atoms with E-state index in [1.54, 1.807) is 6.42 Å². The first kappa shape index (κ1) is 14.6. The van der Waals surface area contributed by atoms with E-state index >= 15 is 0 Å². The Morgan fingerprint density at radius 1 is 1.00 bits per heavy atom. The summed E-state index contributed by atoms with van der Waals surface area (Å²) in [4.78, 5) is 0. The molecule has 0 amide bonds. The molecule has 0 aliphatic heterocycles. The van der Waals surface area contributed by atoms with Crippen LogP contribution in [0, 0.1) is 23.7 Å². The van der Waals surface area contributed by atoms with Gasteiger partial charge in [-0.2, -0.15) is 0 Å². The Balaban J connectivity index is 1.30. The van der Waals surface area contributed by atoms with Crippen molar-refractivity contribution in [2.75, 3.05) is 0 Å². The van der Waals surface area contributed by atoms with Crippen LogP contribution in [0.5, 0.6) is 5.75 Å². The van der Waals surface area contributed by atoms with Gasteiger partial charge in [0.2, 0.25) is 0 Å². The van der Waals surface area contributed by atoms with Crippen LogP contribution in [0.25, 0.3) is 0 Å². The third-order valence-corrected chi connectivity index (χ3v) is 6.68. The molecule has 2 nitrogen and oxygen atoms in total. The Labute approximate surface area is 134 Å². The molecule has 1 aromatic carbocycles. The highest BCUT2D eigenvalue weighted by molar-refractivity contribution is 5.25. The summed E-state index contributed by atoms with van der Waals surface area (Å²) >= 11 is 0. The molecule has 0 spiro atoms. The molecular weight excluding hydrogens is 270 g/mol. The minimum absolute atomic E-state index is 0.372. The lowest BCUT2D eigenvalue weighted by Crippen LogP contribution is -2.98. The van der Waals surface area contributed by atoms with Gasteiger partial charge in [0, 0.05) is 18.3 Å². The number of benzene rings is 1. The van der Waals surface area contributed by atoms with Gasteiger partial charge in [-0.05, 0) is 75.0 Å². The summed E-state index contributed by atoms with van der Waals surface area (Å²) in [7, 11) is 0. The average molecular weight is 300 g/mol. The molecule has 120 valence electrons. The molecule has 1 aromatic rings. The molecule has 0 heterocycles. The van der Waals surface area contributed by atoms with Gasteiger partial charge in [-0.3, -0.25) is 0 Å². The van der Waals surface area contributed by atoms with Gasteiger partial charge < -0.3 is 10.4 Å². The monoisotopic (exact) mass is 300 g/mol. The second-order valence-corrected chi connectivity index (χ2v) is 8.38. The second-order valence-electron chi connectivity index (χ2n) is 8.38. The smallest absolute Gasteiger partial charge is 0.115 e. The van der Waals surface area contributed by atoms with Crippen molar-refractivity contribution in [2.24, 2.45) is 23.7 Å². The Bertz CT molecular complexity index is 481. The van der Waals surface area contributed by atoms with E-state index < -0.39 is 0 Å². The van der Waals surface area contributed by atoms with Gasteiger partial charge in [0.05, 0.1) is 12.1 Å². The lowest BCUT2D eigenvalue weighted by atomic mass is 9.54. The number of aryl methyl sites for hydroxylation is 1. The number of aromatic hydroxyl groups is 1. The summed E-state index contributed by atoms with van der Waals surface area (Å²) in [6.07, 6.45) is 10.0. The van der Waals surface area contributed by atoms with Crippen molar-refractivity contribution in [1.82, 2.24) is 0 Å². The van der Waals surface area contributed by atoms with E-state index in [1.807, 2.05) is 12.1 Å². The van der Waals surface area contributed by atoms with E-state index in [-0.39, 0.29) is 0 Å². The van der Waals surface area contributed by atoms with Crippen LogP contribution < -0.4 is 5.32 Å². The molecule has 4 saturated carbocycles. The van der Waals surface area contributed by atoms with E-state index in [9.17, 15) is 5.11 Å². The summed E-state index contributed by atoms with van der Waals surface area (Å²) in [5, 5.41) is 12.1. The van der Waals surface area contributed by atoms with Gasteiger partial charge in [0.1, 0.15) is 5.75 Å². The highest BCUT2D eigenvalue weighted by atomic mass is 16.3. The average Bonchev–Trinajstić information content (AvgIpc) is 2.50. The first-order chi connectivity index (χ1) is 10.7. The summed E-state index contributed by atoms with van der Waals surface area (Å²) in [5.41, 5.74) is 1.35. The molecule has 4 aliphatic carbocycles. The predicted octanol–water partition coefficient (Wildman–Crippen LogP) is 3.10. The normalized spacial score (nSPS) is 37.4. The number of rotatable bonds is 5. The quantitative estimate of drug-likeness (QED) is 0.861. The molecule has 4 aliphatic rings. The Hall–Kier alpha value is -1.02. The van der Waals surface area contributed by atoms with E-state index in [2.05, 4.69) is 24.4 Å². The summed E-state index contributed by atoms with van der Waals surface area (Å²) in [5.74, 6) is 4.58. The highest BCUT2D eigenvalue weighted by Gasteiger charge is 2.50. The first-order valence-corrected chi connectivity index (χ1v) is 9.30. The van der Waals surface area contributed by atoms with Crippen LogP contribution in [0.1, 0.15) is 51.0 Å². The van der Waals surface area contributed by atoms with Crippen LogP contribution in [0.2, 0.25) is 0 Å². The third-order valence-electron chi connectivity index (χ3n) is 6.68. The molecule has 22 heavy (non-hydrogen) atoms. The van der Waals surface area contributed by atoms with Gasteiger partial charge in [-0.15, -0.1) is 0 Å². The number of nitrogens with two attached hydrogens (primary N) is 1. The van der Waals surface area contributed by atoms with Crippen LogP contribution in [-0.2, 0) is 6.42 Å². The highest BCUT2D eigenvalue weighted by Crippen LogP contribution is 2.52. The molecule has 0 aromatic heterocycles. The van der Waals surface area contributed by atoms with Crippen LogP contribution in [-0.4, -0.2) is 17.2 Å². The maximum atomic E-state index is 9.36. The zero-order valence-corrected chi connectivity index (χ0v) is 13.7. The van der Waals surface area contributed by atoms with E-state index in [1.165, 1.54) is 37.7 Å². The zero-order valence-electron chi connectivity index (χ0n) is 13.7. The van der Waals surface area contributed by atoms with Crippen molar-refractivity contribution in [3.63, 3.8) is 0 Å². The number of phenolic OH excluding ortho intramolecular Hbond substituents is 1. The fourth-order valence-corrected chi connectivity index (χ4v) is 5.81.